The van der Waals surface area contributed by atoms with Gasteiger partial charge >= 0.3 is 17.9 Å². The summed E-state index contributed by atoms with van der Waals surface area (Å²) in [5.74, 6) is -4.59. The van der Waals surface area contributed by atoms with E-state index in [1.807, 2.05) is 6.92 Å². The van der Waals surface area contributed by atoms with Crippen LogP contribution in [0.25, 0.3) is 0 Å². The molecule has 0 aromatic heterocycles. The molecule has 0 aromatic carbocycles. The number of hydrogen-bond donors (Lipinski definition) is 7. The zero-order chi connectivity index (χ0) is 40.7. The third kappa shape index (κ3) is 26.7. The number of unbranched alkanes of at least 4 members (excludes halogenated alkanes) is 15. The SMILES string of the molecule is CCCNC(=O)[C@H](CCC(=O)O)NC(=O)CC[C@@H](NC(=O)[C@H]1CC[C@H](CNC(=O)CCCCCCCCCCCCCCCCCCC(=O)O)CC1)C(=O)O. The Morgan fingerprint density at radius 1 is 0.527 bits per heavy atom. The molecule has 1 aliphatic rings. The fourth-order valence-corrected chi connectivity index (χ4v) is 7.01. The minimum absolute atomic E-state index is 0.0567. The van der Waals surface area contributed by atoms with Crippen LogP contribution in [0.1, 0.15) is 180 Å². The summed E-state index contributed by atoms with van der Waals surface area (Å²) in [7, 11) is 0. The second kappa shape index (κ2) is 31.5. The molecule has 1 fully saturated rings. The highest BCUT2D eigenvalue weighted by Crippen LogP contribution is 2.29. The Hall–Kier alpha value is -3.71. The number of aliphatic carboxylic acids is 3. The monoisotopic (exact) mass is 781 g/mol. The number of amides is 4. The van der Waals surface area contributed by atoms with Crippen molar-refractivity contribution in [3.63, 3.8) is 0 Å². The van der Waals surface area contributed by atoms with Crippen molar-refractivity contribution >= 4 is 41.5 Å². The maximum atomic E-state index is 12.9. The van der Waals surface area contributed by atoms with Gasteiger partial charge in [-0.2, -0.15) is 0 Å². The summed E-state index contributed by atoms with van der Waals surface area (Å²) >= 11 is 0. The number of hydrogen-bond acceptors (Lipinski definition) is 7. The van der Waals surface area contributed by atoms with E-state index in [-0.39, 0.29) is 49.3 Å². The van der Waals surface area contributed by atoms with Gasteiger partial charge in [0.15, 0.2) is 0 Å². The third-order valence-corrected chi connectivity index (χ3v) is 10.5. The molecular weight excluding hydrogens is 708 g/mol. The summed E-state index contributed by atoms with van der Waals surface area (Å²) in [6.07, 6.45) is 21.9. The lowest BCUT2D eigenvalue weighted by atomic mass is 9.81. The van der Waals surface area contributed by atoms with Gasteiger partial charge in [0.1, 0.15) is 12.1 Å². The highest BCUT2D eigenvalue weighted by Gasteiger charge is 2.30. The Morgan fingerprint density at radius 2 is 1.00 bits per heavy atom. The molecule has 0 aromatic rings. The largest absolute Gasteiger partial charge is 0.481 e. The summed E-state index contributed by atoms with van der Waals surface area (Å²) in [6.45, 7) is 2.79. The van der Waals surface area contributed by atoms with Crippen LogP contribution in [0.4, 0.5) is 0 Å². The molecule has 2 atom stereocenters. The van der Waals surface area contributed by atoms with Gasteiger partial charge in [-0.1, -0.05) is 96.8 Å². The summed E-state index contributed by atoms with van der Waals surface area (Å²) in [5.41, 5.74) is 0. The first kappa shape index (κ1) is 49.3. The standard InChI is InChI=1S/C41H72N4O10/c1-2-29-42-40(53)33(26-28-38(50)51)44-36(47)27-25-34(41(54)55)45-39(52)32-23-21-31(22-24-32)30-43-35(46)19-17-15-13-11-9-7-5-3-4-6-8-10-12-14-16-18-20-37(48)49/h31-34H,2-30H2,1H3,(H,42,53)(H,43,46)(H,44,47)(H,45,52)(H,48,49)(H,50,51)(H,54,55)/t31-,32-,33-,34+/m0/s1. The molecular formula is C41H72N4O10. The molecule has 0 unspecified atom stereocenters. The lowest BCUT2D eigenvalue weighted by Gasteiger charge is -2.28. The Labute approximate surface area is 328 Å². The van der Waals surface area contributed by atoms with E-state index in [1.165, 1.54) is 64.2 Å². The third-order valence-electron chi connectivity index (χ3n) is 10.5. The van der Waals surface area contributed by atoms with Crippen LogP contribution in [-0.4, -0.2) is 82.0 Å². The molecule has 55 heavy (non-hydrogen) atoms. The maximum Gasteiger partial charge on any atom is 0.326 e. The van der Waals surface area contributed by atoms with Gasteiger partial charge in [-0.3, -0.25) is 28.8 Å². The van der Waals surface area contributed by atoms with Crippen LogP contribution >= 0.6 is 0 Å². The number of nitrogens with one attached hydrogen (secondary N) is 4. The average molecular weight is 781 g/mol. The minimum atomic E-state index is -1.28. The average Bonchev–Trinajstić information content (AvgIpc) is 3.15. The van der Waals surface area contributed by atoms with E-state index >= 15 is 0 Å². The van der Waals surface area contributed by atoms with Gasteiger partial charge < -0.3 is 36.6 Å². The van der Waals surface area contributed by atoms with Crippen LogP contribution in [0.3, 0.4) is 0 Å². The van der Waals surface area contributed by atoms with Gasteiger partial charge in [0.25, 0.3) is 0 Å². The van der Waals surface area contributed by atoms with E-state index in [4.69, 9.17) is 10.2 Å². The highest BCUT2D eigenvalue weighted by molar-refractivity contribution is 5.89. The summed E-state index contributed by atoms with van der Waals surface area (Å²) < 4.78 is 0. The fraction of sp³-hybridized carbons (Fsp3) is 0.829. The molecule has 1 aliphatic carbocycles. The van der Waals surface area contributed by atoms with Crippen molar-refractivity contribution in [1.82, 2.24) is 21.3 Å². The van der Waals surface area contributed by atoms with Gasteiger partial charge in [0, 0.05) is 44.7 Å². The first-order valence-electron chi connectivity index (χ1n) is 21.2. The normalized spacial score (nSPS) is 16.4. The fourth-order valence-electron chi connectivity index (χ4n) is 7.01. The van der Waals surface area contributed by atoms with Crippen LogP contribution in [0.5, 0.6) is 0 Å². The zero-order valence-corrected chi connectivity index (χ0v) is 33.5. The lowest BCUT2D eigenvalue weighted by Crippen LogP contribution is -2.48. The van der Waals surface area contributed by atoms with Crippen molar-refractivity contribution in [2.75, 3.05) is 13.1 Å². The number of carboxylic acid groups (broad SMARTS) is 3. The summed E-state index contributed by atoms with van der Waals surface area (Å²) in [5, 5.41) is 38.1. The molecule has 14 heteroatoms. The van der Waals surface area contributed by atoms with Crippen LogP contribution in [0.2, 0.25) is 0 Å². The Balaban J connectivity index is 2.14. The van der Waals surface area contributed by atoms with Crippen LogP contribution in [0, 0.1) is 11.8 Å². The molecule has 4 amide bonds. The number of rotatable bonds is 34. The quantitative estimate of drug-likeness (QED) is 0.0364. The number of carbonyl (C=O) groups excluding carboxylic acids is 4. The zero-order valence-electron chi connectivity index (χ0n) is 33.5. The second-order valence-electron chi connectivity index (χ2n) is 15.4. The molecule has 0 spiro atoms. The molecule has 0 bridgehead atoms. The summed E-state index contributed by atoms with van der Waals surface area (Å²) in [4.78, 5) is 83.6. The molecule has 14 nitrogen and oxygen atoms in total. The Morgan fingerprint density at radius 3 is 1.47 bits per heavy atom. The molecule has 1 saturated carbocycles. The van der Waals surface area contributed by atoms with Crippen molar-refractivity contribution in [3.05, 3.63) is 0 Å². The highest BCUT2D eigenvalue weighted by atomic mass is 16.4. The molecule has 7 N–H and O–H groups in total. The van der Waals surface area contributed by atoms with E-state index in [0.717, 1.165) is 51.4 Å². The molecule has 0 heterocycles. The second-order valence-corrected chi connectivity index (χ2v) is 15.4. The Bertz CT molecular complexity index is 1140. The van der Waals surface area contributed by atoms with Gasteiger partial charge in [0.2, 0.25) is 23.6 Å². The van der Waals surface area contributed by atoms with Crippen molar-refractivity contribution in [2.45, 2.75) is 192 Å². The van der Waals surface area contributed by atoms with Gasteiger partial charge in [-0.15, -0.1) is 0 Å². The minimum Gasteiger partial charge on any atom is -0.481 e. The van der Waals surface area contributed by atoms with E-state index in [0.29, 0.717) is 45.2 Å². The molecule has 1 rings (SSSR count). The maximum absolute atomic E-state index is 12.9. The molecule has 0 saturated heterocycles. The predicted octanol–water partition coefficient (Wildman–Crippen LogP) is 6.24. The predicted molar refractivity (Wildman–Crippen MR) is 210 cm³/mol. The first-order chi connectivity index (χ1) is 26.4. The first-order valence-corrected chi connectivity index (χ1v) is 21.2. The van der Waals surface area contributed by atoms with E-state index < -0.39 is 41.8 Å². The topological polar surface area (TPSA) is 228 Å². The van der Waals surface area contributed by atoms with E-state index in [1.54, 1.807) is 0 Å². The van der Waals surface area contributed by atoms with Crippen molar-refractivity contribution in [1.29, 1.82) is 0 Å². The number of carboxylic acids is 3. The van der Waals surface area contributed by atoms with Gasteiger partial charge in [-0.25, -0.2) is 4.79 Å². The van der Waals surface area contributed by atoms with Gasteiger partial charge in [0.05, 0.1) is 0 Å². The summed E-state index contributed by atoms with van der Waals surface area (Å²) in [6, 6.07) is -2.34. The van der Waals surface area contributed by atoms with Crippen molar-refractivity contribution < 1.29 is 48.9 Å². The van der Waals surface area contributed by atoms with E-state index in [2.05, 4.69) is 21.3 Å². The Kier molecular flexibility index (Phi) is 28.2. The van der Waals surface area contributed by atoms with E-state index in [9.17, 15) is 38.7 Å². The van der Waals surface area contributed by atoms with Crippen LogP contribution in [-0.2, 0) is 33.6 Å². The van der Waals surface area contributed by atoms with Crippen LogP contribution in [0.15, 0.2) is 0 Å². The molecule has 0 radical (unpaired) electrons. The van der Waals surface area contributed by atoms with Crippen LogP contribution < -0.4 is 21.3 Å². The number of carbonyl (C=O) groups is 7. The van der Waals surface area contributed by atoms with Gasteiger partial charge in [-0.05, 0) is 63.7 Å². The molecule has 316 valence electrons. The smallest absolute Gasteiger partial charge is 0.326 e. The van der Waals surface area contributed by atoms with Crippen molar-refractivity contribution in [2.24, 2.45) is 11.8 Å². The molecule has 0 aliphatic heterocycles. The lowest BCUT2D eigenvalue weighted by molar-refractivity contribution is -0.143. The van der Waals surface area contributed by atoms with Crippen molar-refractivity contribution in [3.8, 4) is 0 Å².